The Kier molecular flexibility index (Phi) is 2.82. The fourth-order valence-corrected chi connectivity index (χ4v) is 2.54. The summed E-state index contributed by atoms with van der Waals surface area (Å²) < 4.78 is 0. The molecule has 3 heteroatoms. The summed E-state index contributed by atoms with van der Waals surface area (Å²) in [5.74, 6) is 0. The van der Waals surface area contributed by atoms with Crippen LogP contribution < -0.4 is 0 Å². The molecular formula is C16H16N3. The first-order valence-electron chi connectivity index (χ1n) is 6.38. The fraction of sp³-hybridized carbons (Fsp3) is 0.188. The molecular weight excluding hydrogens is 234 g/mol. The minimum absolute atomic E-state index is 0.157. The standard InChI is InChI=1S/C16H16N3/c1-3-16(2,12-6-4-8-17-10-12)14-11-19-15-13(14)7-5-9-18-15/h4-11H,1,3H2,2H3,(H,18,19). The predicted octanol–water partition coefficient (Wildman–Crippen LogP) is 3.49. The minimum atomic E-state index is -0.157. The number of hydrogen-bond donors (Lipinski definition) is 1. The van der Waals surface area contributed by atoms with Crippen LogP contribution in [0.2, 0.25) is 0 Å². The van der Waals surface area contributed by atoms with Gasteiger partial charge in [-0.05, 0) is 35.7 Å². The maximum absolute atomic E-state index is 4.35. The zero-order valence-electron chi connectivity index (χ0n) is 10.9. The Morgan fingerprint density at radius 1 is 1.26 bits per heavy atom. The SMILES string of the molecule is [CH2]CC(C)(c1cccnc1)c1c[nH]c2ncccc12. The molecule has 1 unspecified atom stereocenters. The average Bonchev–Trinajstić information content (AvgIpc) is 2.92. The monoisotopic (exact) mass is 250 g/mol. The lowest BCUT2D eigenvalue weighted by Crippen LogP contribution is -2.22. The molecule has 0 saturated heterocycles. The summed E-state index contributed by atoms with van der Waals surface area (Å²) in [6.45, 7) is 6.34. The lowest BCUT2D eigenvalue weighted by molar-refractivity contribution is 0.581. The van der Waals surface area contributed by atoms with E-state index in [9.17, 15) is 0 Å². The quantitative estimate of drug-likeness (QED) is 0.773. The molecule has 1 atom stereocenters. The van der Waals surface area contributed by atoms with Gasteiger partial charge in [0.1, 0.15) is 5.65 Å². The van der Waals surface area contributed by atoms with Crippen LogP contribution in [0.15, 0.2) is 49.1 Å². The maximum Gasteiger partial charge on any atom is 0.137 e. The Labute approximate surface area is 112 Å². The highest BCUT2D eigenvalue weighted by molar-refractivity contribution is 5.81. The first kappa shape index (κ1) is 11.9. The number of aromatic nitrogens is 3. The van der Waals surface area contributed by atoms with Gasteiger partial charge in [0.15, 0.2) is 0 Å². The second-order valence-electron chi connectivity index (χ2n) is 4.93. The molecule has 3 nitrogen and oxygen atoms in total. The minimum Gasteiger partial charge on any atom is -0.346 e. The van der Waals surface area contributed by atoms with E-state index >= 15 is 0 Å². The van der Waals surface area contributed by atoms with E-state index < -0.39 is 0 Å². The van der Waals surface area contributed by atoms with Crippen LogP contribution in [0.5, 0.6) is 0 Å². The number of pyridine rings is 2. The molecule has 0 bridgehead atoms. The van der Waals surface area contributed by atoms with Crippen LogP contribution in [0.3, 0.4) is 0 Å². The van der Waals surface area contributed by atoms with Crippen LogP contribution in [0.25, 0.3) is 11.0 Å². The van der Waals surface area contributed by atoms with Gasteiger partial charge >= 0.3 is 0 Å². The summed E-state index contributed by atoms with van der Waals surface area (Å²) >= 11 is 0. The van der Waals surface area contributed by atoms with Crippen LogP contribution in [-0.2, 0) is 5.41 Å². The first-order chi connectivity index (χ1) is 9.25. The summed E-state index contributed by atoms with van der Waals surface area (Å²) in [7, 11) is 0. The molecule has 0 aliphatic carbocycles. The zero-order chi connectivity index (χ0) is 13.3. The van der Waals surface area contributed by atoms with Crippen LogP contribution in [0.4, 0.5) is 0 Å². The highest BCUT2D eigenvalue weighted by Crippen LogP contribution is 2.38. The molecule has 0 aromatic carbocycles. The van der Waals surface area contributed by atoms with Crippen molar-refractivity contribution in [1.82, 2.24) is 15.0 Å². The van der Waals surface area contributed by atoms with Crippen molar-refractivity contribution >= 4 is 11.0 Å². The smallest absolute Gasteiger partial charge is 0.137 e. The van der Waals surface area contributed by atoms with Crippen LogP contribution in [0.1, 0.15) is 24.5 Å². The molecule has 19 heavy (non-hydrogen) atoms. The normalized spacial score (nSPS) is 14.4. The number of hydrogen-bond acceptors (Lipinski definition) is 2. The van der Waals surface area contributed by atoms with Crippen molar-refractivity contribution in [2.75, 3.05) is 0 Å². The van der Waals surface area contributed by atoms with Crippen molar-refractivity contribution < 1.29 is 0 Å². The number of nitrogens with one attached hydrogen (secondary N) is 1. The number of aromatic amines is 1. The number of nitrogens with zero attached hydrogens (tertiary/aromatic N) is 2. The van der Waals surface area contributed by atoms with Gasteiger partial charge in [-0.15, -0.1) is 0 Å². The van der Waals surface area contributed by atoms with Gasteiger partial charge < -0.3 is 4.98 Å². The fourth-order valence-electron chi connectivity index (χ4n) is 2.54. The maximum atomic E-state index is 4.35. The van der Waals surface area contributed by atoms with E-state index in [1.54, 1.807) is 12.4 Å². The first-order valence-corrected chi connectivity index (χ1v) is 6.38. The van der Waals surface area contributed by atoms with Crippen molar-refractivity contribution in [3.63, 3.8) is 0 Å². The van der Waals surface area contributed by atoms with Gasteiger partial charge in [-0.3, -0.25) is 4.98 Å². The van der Waals surface area contributed by atoms with E-state index in [-0.39, 0.29) is 5.41 Å². The molecule has 0 aliphatic rings. The third kappa shape index (κ3) is 1.82. The Morgan fingerprint density at radius 3 is 2.84 bits per heavy atom. The van der Waals surface area contributed by atoms with E-state index in [0.717, 1.165) is 17.5 Å². The lowest BCUT2D eigenvalue weighted by Gasteiger charge is -2.28. The van der Waals surface area contributed by atoms with E-state index in [0.29, 0.717) is 0 Å². The van der Waals surface area contributed by atoms with E-state index in [4.69, 9.17) is 0 Å². The molecule has 3 aromatic rings. The Bertz CT molecular complexity index is 687. The number of H-pyrrole nitrogens is 1. The molecule has 0 amide bonds. The predicted molar refractivity (Wildman–Crippen MR) is 76.8 cm³/mol. The van der Waals surface area contributed by atoms with Crippen LogP contribution >= 0.6 is 0 Å². The second kappa shape index (κ2) is 4.50. The highest BCUT2D eigenvalue weighted by Gasteiger charge is 2.29. The van der Waals surface area contributed by atoms with Crippen LogP contribution in [0, 0.1) is 6.92 Å². The third-order valence-corrected chi connectivity index (χ3v) is 3.84. The largest absolute Gasteiger partial charge is 0.346 e. The van der Waals surface area contributed by atoms with Gasteiger partial charge in [-0.25, -0.2) is 4.98 Å². The van der Waals surface area contributed by atoms with E-state index in [1.165, 1.54) is 11.1 Å². The molecule has 3 rings (SSSR count). The molecule has 0 spiro atoms. The van der Waals surface area contributed by atoms with Gasteiger partial charge in [0.2, 0.25) is 0 Å². The average molecular weight is 250 g/mol. The highest BCUT2D eigenvalue weighted by atomic mass is 14.8. The third-order valence-electron chi connectivity index (χ3n) is 3.84. The Hall–Kier alpha value is -2.16. The van der Waals surface area contributed by atoms with Gasteiger partial charge in [0.25, 0.3) is 0 Å². The summed E-state index contributed by atoms with van der Waals surface area (Å²) in [4.78, 5) is 11.8. The second-order valence-corrected chi connectivity index (χ2v) is 4.93. The van der Waals surface area contributed by atoms with Gasteiger partial charge in [-0.1, -0.05) is 19.9 Å². The molecule has 95 valence electrons. The molecule has 3 aromatic heterocycles. The van der Waals surface area contributed by atoms with Crippen molar-refractivity contribution in [3.8, 4) is 0 Å². The van der Waals surface area contributed by atoms with Gasteiger partial charge in [-0.2, -0.15) is 0 Å². The molecule has 1 radical (unpaired) electrons. The van der Waals surface area contributed by atoms with Gasteiger partial charge in [0, 0.05) is 35.6 Å². The van der Waals surface area contributed by atoms with E-state index in [2.05, 4.69) is 40.9 Å². The summed E-state index contributed by atoms with van der Waals surface area (Å²) in [6.07, 6.45) is 8.31. The molecule has 0 saturated carbocycles. The van der Waals surface area contributed by atoms with E-state index in [1.807, 2.05) is 24.5 Å². The molecule has 1 N–H and O–H groups in total. The van der Waals surface area contributed by atoms with Crippen LogP contribution in [-0.4, -0.2) is 15.0 Å². The number of fused-ring (bicyclic) bond motifs is 1. The van der Waals surface area contributed by atoms with Crippen molar-refractivity contribution in [1.29, 1.82) is 0 Å². The van der Waals surface area contributed by atoms with Crippen molar-refractivity contribution in [3.05, 3.63) is 67.1 Å². The van der Waals surface area contributed by atoms with Gasteiger partial charge in [0.05, 0.1) is 0 Å². The summed E-state index contributed by atoms with van der Waals surface area (Å²) in [5, 5.41) is 1.15. The molecule has 3 heterocycles. The van der Waals surface area contributed by atoms with Crippen molar-refractivity contribution in [2.45, 2.75) is 18.8 Å². The Balaban J connectivity index is 2.22. The molecule has 0 aliphatic heterocycles. The Morgan fingerprint density at radius 2 is 2.11 bits per heavy atom. The lowest BCUT2D eigenvalue weighted by atomic mass is 9.75. The number of rotatable bonds is 3. The van der Waals surface area contributed by atoms with Crippen molar-refractivity contribution in [2.24, 2.45) is 0 Å². The molecule has 0 fully saturated rings. The topological polar surface area (TPSA) is 41.6 Å². The summed E-state index contributed by atoms with van der Waals surface area (Å²) in [6, 6.07) is 8.13. The summed E-state index contributed by atoms with van der Waals surface area (Å²) in [5.41, 5.74) is 3.16. The zero-order valence-corrected chi connectivity index (χ0v) is 10.9.